The molecule has 3 N–H and O–H groups in total. The number of rotatable bonds is 4. The van der Waals surface area contributed by atoms with Gasteiger partial charge in [0.2, 0.25) is 5.91 Å². The minimum atomic E-state index is -4.32. The van der Waals surface area contributed by atoms with Crippen LogP contribution in [0.2, 0.25) is 0 Å². The standard InChI is InChI=1S/C10H17F3N2O2.ClH/c11-10(12,13)4-2-8(16)15-7-9(17)3-1-5-14-6-9;/h14,17H,1-7H2,(H,15,16);1H. The fourth-order valence-electron chi connectivity index (χ4n) is 1.71. The van der Waals surface area contributed by atoms with Crippen molar-refractivity contribution in [3.63, 3.8) is 0 Å². The highest BCUT2D eigenvalue weighted by molar-refractivity contribution is 5.85. The Morgan fingerprint density at radius 1 is 1.44 bits per heavy atom. The lowest BCUT2D eigenvalue weighted by molar-refractivity contribution is -0.144. The molecule has 0 aromatic rings. The van der Waals surface area contributed by atoms with Crippen molar-refractivity contribution in [2.75, 3.05) is 19.6 Å². The molecule has 1 aliphatic heterocycles. The second-order valence-corrected chi connectivity index (χ2v) is 4.40. The van der Waals surface area contributed by atoms with Gasteiger partial charge in [0.05, 0.1) is 12.0 Å². The fourth-order valence-corrected chi connectivity index (χ4v) is 1.71. The molecule has 1 unspecified atom stereocenters. The molecule has 1 saturated heterocycles. The van der Waals surface area contributed by atoms with Crippen LogP contribution in [0.4, 0.5) is 13.2 Å². The van der Waals surface area contributed by atoms with E-state index < -0.39 is 30.5 Å². The second kappa shape index (κ2) is 7.16. The van der Waals surface area contributed by atoms with Gasteiger partial charge in [-0.2, -0.15) is 13.2 Å². The Bertz CT molecular complexity index is 268. The lowest BCUT2D eigenvalue weighted by Gasteiger charge is -2.32. The van der Waals surface area contributed by atoms with E-state index in [1.165, 1.54) is 0 Å². The first kappa shape index (κ1) is 17.5. The van der Waals surface area contributed by atoms with Crippen LogP contribution in [0.3, 0.4) is 0 Å². The van der Waals surface area contributed by atoms with E-state index in [1.807, 2.05) is 0 Å². The summed E-state index contributed by atoms with van der Waals surface area (Å²) in [5.41, 5.74) is -1.04. The van der Waals surface area contributed by atoms with Gasteiger partial charge in [-0.1, -0.05) is 0 Å². The number of alkyl halides is 3. The van der Waals surface area contributed by atoms with Crippen LogP contribution in [0.15, 0.2) is 0 Å². The molecule has 1 aliphatic rings. The molecule has 0 aromatic carbocycles. The van der Waals surface area contributed by atoms with Crippen molar-refractivity contribution >= 4 is 18.3 Å². The molecule has 0 aromatic heterocycles. The van der Waals surface area contributed by atoms with Gasteiger partial charge in [0.15, 0.2) is 0 Å². The van der Waals surface area contributed by atoms with Gasteiger partial charge in [0.1, 0.15) is 0 Å². The number of halogens is 4. The number of hydrogen-bond donors (Lipinski definition) is 3. The minimum Gasteiger partial charge on any atom is -0.387 e. The number of nitrogens with one attached hydrogen (secondary N) is 2. The van der Waals surface area contributed by atoms with E-state index in [0.29, 0.717) is 13.0 Å². The monoisotopic (exact) mass is 290 g/mol. The van der Waals surface area contributed by atoms with E-state index in [-0.39, 0.29) is 19.0 Å². The summed E-state index contributed by atoms with van der Waals surface area (Å²) in [5, 5.41) is 15.3. The van der Waals surface area contributed by atoms with Crippen LogP contribution in [0.25, 0.3) is 0 Å². The van der Waals surface area contributed by atoms with Crippen LogP contribution < -0.4 is 10.6 Å². The summed E-state index contributed by atoms with van der Waals surface area (Å²) in [6, 6.07) is 0. The third-order valence-electron chi connectivity index (χ3n) is 2.70. The molecule has 1 atom stereocenters. The lowest BCUT2D eigenvalue weighted by atomic mass is 9.94. The highest BCUT2D eigenvalue weighted by Gasteiger charge is 2.31. The Labute approximate surface area is 110 Å². The zero-order valence-corrected chi connectivity index (χ0v) is 10.7. The predicted octanol–water partition coefficient (Wildman–Crippen LogP) is 0.981. The summed E-state index contributed by atoms with van der Waals surface area (Å²) >= 11 is 0. The zero-order chi connectivity index (χ0) is 12.9. The summed E-state index contributed by atoms with van der Waals surface area (Å²) < 4.78 is 35.5. The van der Waals surface area contributed by atoms with E-state index in [4.69, 9.17) is 0 Å². The van der Waals surface area contributed by atoms with Crippen molar-refractivity contribution < 1.29 is 23.1 Å². The normalized spacial score (nSPS) is 24.2. The quantitative estimate of drug-likeness (QED) is 0.723. The first-order chi connectivity index (χ1) is 7.81. The molecule has 1 amide bonds. The number of carbonyl (C=O) groups is 1. The molecule has 108 valence electrons. The van der Waals surface area contributed by atoms with Gasteiger partial charge in [0, 0.05) is 19.5 Å². The van der Waals surface area contributed by atoms with Gasteiger partial charge < -0.3 is 15.7 Å². The minimum absolute atomic E-state index is 0. The molecule has 0 spiro atoms. The number of β-amino-alcohol motifs (C(OH)–C–C–N with tert-alkyl or cyclic N) is 1. The maximum atomic E-state index is 11.8. The summed E-state index contributed by atoms with van der Waals surface area (Å²) in [5.74, 6) is -0.679. The maximum absolute atomic E-state index is 11.8. The van der Waals surface area contributed by atoms with Crippen LogP contribution in [0.5, 0.6) is 0 Å². The number of hydrogen-bond acceptors (Lipinski definition) is 3. The van der Waals surface area contributed by atoms with Crippen LogP contribution >= 0.6 is 12.4 Å². The molecular formula is C10H18ClF3N2O2. The molecule has 1 fully saturated rings. The largest absolute Gasteiger partial charge is 0.389 e. The molecule has 8 heteroatoms. The lowest BCUT2D eigenvalue weighted by Crippen LogP contribution is -2.52. The number of carbonyl (C=O) groups excluding carboxylic acids is 1. The maximum Gasteiger partial charge on any atom is 0.389 e. The highest BCUT2D eigenvalue weighted by atomic mass is 35.5. The molecule has 0 aliphatic carbocycles. The first-order valence-corrected chi connectivity index (χ1v) is 5.57. The summed E-state index contributed by atoms with van der Waals surface area (Å²) in [7, 11) is 0. The van der Waals surface area contributed by atoms with Gasteiger partial charge in [0.25, 0.3) is 0 Å². The smallest absolute Gasteiger partial charge is 0.387 e. The summed E-state index contributed by atoms with van der Waals surface area (Å²) in [6.45, 7) is 1.16. The van der Waals surface area contributed by atoms with Gasteiger partial charge in [-0.25, -0.2) is 0 Å². The molecule has 0 bridgehead atoms. The van der Waals surface area contributed by atoms with Gasteiger partial charge >= 0.3 is 6.18 Å². The van der Waals surface area contributed by atoms with Crippen molar-refractivity contribution in [1.82, 2.24) is 10.6 Å². The van der Waals surface area contributed by atoms with Crippen LogP contribution in [-0.2, 0) is 4.79 Å². The average Bonchev–Trinajstić information content (AvgIpc) is 2.24. The van der Waals surface area contributed by atoms with E-state index in [0.717, 1.165) is 13.0 Å². The van der Waals surface area contributed by atoms with Crippen molar-refractivity contribution in [3.8, 4) is 0 Å². The van der Waals surface area contributed by atoms with Gasteiger partial charge in [-0.15, -0.1) is 12.4 Å². The Morgan fingerprint density at radius 2 is 2.11 bits per heavy atom. The molecule has 0 radical (unpaired) electrons. The highest BCUT2D eigenvalue weighted by Crippen LogP contribution is 2.21. The average molecular weight is 291 g/mol. The Hall–Kier alpha value is -0.530. The first-order valence-electron chi connectivity index (χ1n) is 5.57. The third kappa shape index (κ3) is 7.03. The molecule has 18 heavy (non-hydrogen) atoms. The topological polar surface area (TPSA) is 61.4 Å². The van der Waals surface area contributed by atoms with E-state index in [2.05, 4.69) is 10.6 Å². The zero-order valence-electron chi connectivity index (χ0n) is 9.85. The second-order valence-electron chi connectivity index (χ2n) is 4.40. The van der Waals surface area contributed by atoms with E-state index in [1.54, 1.807) is 0 Å². The third-order valence-corrected chi connectivity index (χ3v) is 2.70. The van der Waals surface area contributed by atoms with Crippen molar-refractivity contribution in [2.24, 2.45) is 0 Å². The molecule has 4 nitrogen and oxygen atoms in total. The van der Waals surface area contributed by atoms with Crippen molar-refractivity contribution in [2.45, 2.75) is 37.5 Å². The molecule has 1 heterocycles. The molecule has 1 rings (SSSR count). The number of piperidine rings is 1. The predicted molar refractivity (Wildman–Crippen MR) is 62.6 cm³/mol. The Morgan fingerprint density at radius 3 is 2.61 bits per heavy atom. The van der Waals surface area contributed by atoms with Crippen LogP contribution in [0.1, 0.15) is 25.7 Å². The van der Waals surface area contributed by atoms with Crippen molar-refractivity contribution in [1.29, 1.82) is 0 Å². The fraction of sp³-hybridized carbons (Fsp3) is 0.900. The SMILES string of the molecule is Cl.O=C(CCC(F)(F)F)NCC1(O)CCCNC1. The van der Waals surface area contributed by atoms with Crippen molar-refractivity contribution in [3.05, 3.63) is 0 Å². The molecular weight excluding hydrogens is 273 g/mol. The van der Waals surface area contributed by atoms with Gasteiger partial charge in [-0.3, -0.25) is 4.79 Å². The van der Waals surface area contributed by atoms with E-state index in [9.17, 15) is 23.1 Å². The number of aliphatic hydroxyl groups is 1. The van der Waals surface area contributed by atoms with E-state index >= 15 is 0 Å². The van der Waals surface area contributed by atoms with Crippen LogP contribution in [0, 0.1) is 0 Å². The Balaban J connectivity index is 0.00000289. The molecule has 0 saturated carbocycles. The van der Waals surface area contributed by atoms with Gasteiger partial charge in [-0.05, 0) is 19.4 Å². The summed E-state index contributed by atoms with van der Waals surface area (Å²) in [6.07, 6.45) is -4.71. The number of amides is 1. The van der Waals surface area contributed by atoms with Crippen LogP contribution in [-0.4, -0.2) is 42.4 Å². The summed E-state index contributed by atoms with van der Waals surface area (Å²) in [4.78, 5) is 11.1. The Kier molecular flexibility index (Phi) is 6.94.